The minimum Gasteiger partial charge on any atom is -1.00 e. The number of aromatic nitrogens is 1. The highest BCUT2D eigenvalue weighted by Crippen LogP contribution is 2.41. The largest absolute Gasteiger partial charge is 1.00 e. The van der Waals surface area contributed by atoms with Crippen LogP contribution >= 0.6 is 0 Å². The molecule has 1 saturated heterocycles. The number of fused-ring (bicyclic) bond motifs is 1. The van der Waals surface area contributed by atoms with Crippen molar-refractivity contribution in [2.75, 3.05) is 23.7 Å². The fourth-order valence-electron chi connectivity index (χ4n) is 4.13. The molecule has 2 aromatic rings. The zero-order valence-corrected chi connectivity index (χ0v) is 16.8. The molecule has 0 amide bonds. The van der Waals surface area contributed by atoms with E-state index in [1.54, 1.807) is 4.90 Å². The fraction of sp³-hybridized carbons (Fsp3) is 0.474. The zero-order chi connectivity index (χ0) is 20.3. The summed E-state index contributed by atoms with van der Waals surface area (Å²) in [5.41, 5.74) is 3.54. The Labute approximate surface area is 173 Å². The maximum Gasteiger partial charge on any atom is 1.00 e. The monoisotopic (exact) mass is 428 g/mol. The van der Waals surface area contributed by atoms with Gasteiger partial charge in [0.15, 0.2) is 11.6 Å². The van der Waals surface area contributed by atoms with Crippen molar-refractivity contribution in [2.24, 2.45) is 0 Å². The maximum absolute atomic E-state index is 15.6. The van der Waals surface area contributed by atoms with Crippen molar-refractivity contribution in [3.63, 3.8) is 0 Å². The minimum atomic E-state index is -1.45. The van der Waals surface area contributed by atoms with E-state index >= 15 is 8.78 Å². The van der Waals surface area contributed by atoms with Crippen molar-refractivity contribution in [2.45, 2.75) is 44.8 Å². The quantitative estimate of drug-likeness (QED) is 0.553. The Balaban J connectivity index is 0.00000160. The minimum absolute atomic E-state index is 0. The van der Waals surface area contributed by atoms with E-state index in [9.17, 15) is 14.7 Å². The van der Waals surface area contributed by atoms with Crippen LogP contribution in [0.1, 0.15) is 44.5 Å². The fourth-order valence-corrected chi connectivity index (χ4v) is 4.13. The van der Waals surface area contributed by atoms with Crippen molar-refractivity contribution >= 4 is 28.2 Å². The van der Waals surface area contributed by atoms with E-state index < -0.39 is 39.7 Å². The third-order valence-corrected chi connectivity index (χ3v) is 5.41. The lowest BCUT2D eigenvalue weighted by molar-refractivity contribution is -0.0000228. The van der Waals surface area contributed by atoms with E-state index in [2.05, 4.69) is 5.32 Å². The van der Waals surface area contributed by atoms with Gasteiger partial charge in [0, 0.05) is 37.4 Å². The topological polar surface area (TPSA) is 101 Å². The Morgan fingerprint density at radius 3 is 2.34 bits per heavy atom. The van der Waals surface area contributed by atoms with E-state index in [0.29, 0.717) is 13.1 Å². The van der Waals surface area contributed by atoms with Crippen LogP contribution in [0.3, 0.4) is 0 Å². The number of benzene rings is 1. The number of nitrogens with zero attached hydrogens (tertiary/aromatic N) is 2. The Morgan fingerprint density at radius 1 is 1.24 bits per heavy atom. The second-order valence-electron chi connectivity index (χ2n) is 7.80. The van der Waals surface area contributed by atoms with Crippen LogP contribution in [-0.2, 0) is 0 Å². The first-order valence-electron chi connectivity index (χ1n) is 9.30. The second-order valence-corrected chi connectivity index (χ2v) is 7.80. The molecular weight excluding hydrogens is 406 g/mol. The molecular formula is C19H23ClF2N4O3. The number of piperazine rings is 1. The average molecular weight is 429 g/mol. The molecule has 4 N–H and O–H groups in total. The molecule has 29 heavy (non-hydrogen) atoms. The number of carboxylic acids is 1. The van der Waals surface area contributed by atoms with Gasteiger partial charge in [0.1, 0.15) is 11.3 Å². The molecule has 1 aromatic heterocycles. The smallest absolute Gasteiger partial charge is 1.00 e. The Bertz CT molecular complexity index is 1050. The number of rotatable bonds is 3. The van der Waals surface area contributed by atoms with Gasteiger partial charge in [-0.05, 0) is 26.7 Å². The zero-order valence-electron chi connectivity index (χ0n) is 17.0. The SMILES string of the molecule is C[C@@H]1CN(c2c(F)c(N)c3c(=O)c(C(=O)O)cn(C4CC4)c3c2F)C[C@H](C)N1.[Cl-].[H+]. The number of halogens is 3. The molecule has 1 aromatic carbocycles. The Kier molecular flexibility index (Phi) is 5.48. The number of hydrogen-bond donors (Lipinski definition) is 3. The predicted octanol–water partition coefficient (Wildman–Crippen LogP) is -0.802. The van der Waals surface area contributed by atoms with Crippen LogP contribution in [0.15, 0.2) is 11.0 Å². The van der Waals surface area contributed by atoms with Crippen molar-refractivity contribution in [1.82, 2.24) is 9.88 Å². The summed E-state index contributed by atoms with van der Waals surface area (Å²) >= 11 is 0. The summed E-state index contributed by atoms with van der Waals surface area (Å²) in [6, 6.07) is -0.103. The molecule has 2 fully saturated rings. The van der Waals surface area contributed by atoms with E-state index in [0.717, 1.165) is 19.0 Å². The molecule has 0 bridgehead atoms. The highest BCUT2D eigenvalue weighted by molar-refractivity contribution is 5.99. The summed E-state index contributed by atoms with van der Waals surface area (Å²) in [5.74, 6) is -3.34. The molecule has 4 rings (SSSR count). The number of hydrogen-bond acceptors (Lipinski definition) is 5. The van der Waals surface area contributed by atoms with Crippen molar-refractivity contribution in [3.05, 3.63) is 33.6 Å². The maximum atomic E-state index is 15.6. The number of nitrogens with one attached hydrogen (secondary N) is 1. The van der Waals surface area contributed by atoms with Gasteiger partial charge < -0.3 is 38.0 Å². The summed E-state index contributed by atoms with van der Waals surface area (Å²) in [4.78, 5) is 25.7. The molecule has 7 nitrogen and oxygen atoms in total. The van der Waals surface area contributed by atoms with Crippen LogP contribution in [-0.4, -0.2) is 40.8 Å². The molecule has 1 saturated carbocycles. The second kappa shape index (κ2) is 7.46. The van der Waals surface area contributed by atoms with Gasteiger partial charge in [-0.1, -0.05) is 0 Å². The van der Waals surface area contributed by atoms with Gasteiger partial charge in [0.05, 0.1) is 16.6 Å². The molecule has 1 aliphatic heterocycles. The third kappa shape index (κ3) is 3.42. The first-order valence-corrected chi connectivity index (χ1v) is 9.30. The summed E-state index contributed by atoms with van der Waals surface area (Å²) in [7, 11) is 0. The van der Waals surface area contributed by atoms with E-state index in [1.165, 1.54) is 4.57 Å². The number of carbonyl (C=O) groups is 1. The van der Waals surface area contributed by atoms with Gasteiger partial charge in [-0.3, -0.25) is 4.79 Å². The van der Waals surface area contributed by atoms with Crippen molar-refractivity contribution in [1.29, 1.82) is 0 Å². The molecule has 0 unspecified atom stereocenters. The predicted molar refractivity (Wildman–Crippen MR) is 103 cm³/mol. The van der Waals surface area contributed by atoms with Gasteiger partial charge in [0.2, 0.25) is 5.43 Å². The summed E-state index contributed by atoms with van der Waals surface area (Å²) < 4.78 is 32.2. The third-order valence-electron chi connectivity index (χ3n) is 5.41. The first kappa shape index (κ1) is 21.3. The number of nitrogens with two attached hydrogens (primary N) is 1. The number of nitrogen functional groups attached to an aromatic ring is 1. The molecule has 0 radical (unpaired) electrons. The van der Waals surface area contributed by atoms with E-state index in [-0.39, 0.29) is 43.2 Å². The standard InChI is InChI=1S/C19H22F2N4O3.ClH/c1-8-5-24(6-9(2)23-8)17-13(20)15(22)12-16(14(17)21)25(10-3-4-10)7-11(18(12)26)19(27)28;/h7-10,23H,3-6,22H2,1-2H3,(H,27,28);1H/t8-,9+;. The first-order chi connectivity index (χ1) is 13.2. The van der Waals surface area contributed by atoms with Gasteiger partial charge in [-0.2, -0.15) is 0 Å². The summed E-state index contributed by atoms with van der Waals surface area (Å²) in [5, 5.41) is 12.2. The molecule has 158 valence electrons. The lowest BCUT2D eigenvalue weighted by atomic mass is 10.0. The normalized spacial score (nSPS) is 21.9. The molecule has 2 atom stereocenters. The van der Waals surface area contributed by atoms with Gasteiger partial charge in [-0.15, -0.1) is 0 Å². The average Bonchev–Trinajstić information content (AvgIpc) is 3.43. The van der Waals surface area contributed by atoms with Crippen LogP contribution in [0, 0.1) is 11.6 Å². The molecule has 2 aliphatic rings. The van der Waals surface area contributed by atoms with Crippen LogP contribution < -0.4 is 33.8 Å². The van der Waals surface area contributed by atoms with Crippen LogP contribution in [0.5, 0.6) is 0 Å². The number of pyridine rings is 1. The van der Waals surface area contributed by atoms with E-state index in [1.807, 2.05) is 13.8 Å². The lowest BCUT2D eigenvalue weighted by Crippen LogP contribution is -3.00. The summed E-state index contributed by atoms with van der Waals surface area (Å²) in [6.45, 7) is 4.60. The van der Waals surface area contributed by atoms with Gasteiger partial charge in [-0.25, -0.2) is 13.6 Å². The van der Waals surface area contributed by atoms with Gasteiger partial charge >= 0.3 is 7.40 Å². The van der Waals surface area contributed by atoms with Crippen molar-refractivity contribution in [3.8, 4) is 0 Å². The Morgan fingerprint density at radius 2 is 1.83 bits per heavy atom. The molecule has 1 aliphatic carbocycles. The lowest BCUT2D eigenvalue weighted by Gasteiger charge is -2.38. The van der Waals surface area contributed by atoms with Gasteiger partial charge in [0.25, 0.3) is 0 Å². The molecule has 0 spiro atoms. The van der Waals surface area contributed by atoms with Crippen LogP contribution in [0.2, 0.25) is 0 Å². The van der Waals surface area contributed by atoms with Crippen LogP contribution in [0.25, 0.3) is 10.9 Å². The highest BCUT2D eigenvalue weighted by Gasteiger charge is 2.34. The molecule has 10 heteroatoms. The number of anilines is 2. The van der Waals surface area contributed by atoms with Crippen LogP contribution in [0.4, 0.5) is 20.2 Å². The Hall–Kier alpha value is -2.39. The van der Waals surface area contributed by atoms with E-state index in [4.69, 9.17) is 5.73 Å². The molecule has 2 heterocycles. The van der Waals surface area contributed by atoms with Crippen molar-refractivity contribution < 1.29 is 32.5 Å². The number of aromatic carboxylic acids is 1. The highest BCUT2D eigenvalue weighted by atomic mass is 35.5. The summed E-state index contributed by atoms with van der Waals surface area (Å²) in [6.07, 6.45) is 2.60. The number of carboxylic acid groups (broad SMARTS) is 1.